The largest absolute Gasteiger partial charge is 0.462 e. The molecule has 266 valence electrons. The Bertz CT molecular complexity index is 691. The lowest BCUT2D eigenvalue weighted by molar-refractivity contribution is -0.167. The zero-order chi connectivity index (χ0) is 33.4. The van der Waals surface area contributed by atoms with E-state index in [0.29, 0.717) is 19.3 Å². The van der Waals surface area contributed by atoms with Gasteiger partial charge in [-0.05, 0) is 31.1 Å². The molecule has 0 saturated carbocycles. The molecule has 0 spiro atoms. The van der Waals surface area contributed by atoms with Gasteiger partial charge in [-0.1, -0.05) is 163 Å². The fraction of sp³-hybridized carbons (Fsp3) is 0.923. The molecule has 0 aliphatic rings. The van der Waals surface area contributed by atoms with Crippen LogP contribution in [0.5, 0.6) is 0 Å². The van der Waals surface area contributed by atoms with Crippen molar-refractivity contribution in [3.05, 3.63) is 0 Å². The number of ether oxygens (including phenoxy) is 3. The van der Waals surface area contributed by atoms with E-state index >= 15 is 0 Å². The molecule has 0 saturated heterocycles. The molecule has 0 aliphatic carbocycles. The Balaban J connectivity index is 4.35. The summed E-state index contributed by atoms with van der Waals surface area (Å²) in [5.74, 6) is 0.717. The molecule has 6 heteroatoms. The van der Waals surface area contributed by atoms with Crippen molar-refractivity contribution in [2.24, 2.45) is 11.8 Å². The van der Waals surface area contributed by atoms with Crippen LogP contribution in [0.4, 0.5) is 0 Å². The summed E-state index contributed by atoms with van der Waals surface area (Å²) in [6.45, 7) is 11.2. The second-order valence-corrected chi connectivity index (χ2v) is 13.9. The first-order valence-electron chi connectivity index (χ1n) is 19.3. The highest BCUT2D eigenvalue weighted by atomic mass is 16.6. The predicted octanol–water partition coefficient (Wildman–Crippen LogP) is 11.5. The molecule has 0 aromatic heterocycles. The molecule has 0 aromatic rings. The maximum absolute atomic E-state index is 12.5. The third kappa shape index (κ3) is 32.2. The van der Waals surface area contributed by atoms with Crippen molar-refractivity contribution in [3.8, 4) is 0 Å². The molecule has 0 bridgehead atoms. The van der Waals surface area contributed by atoms with Gasteiger partial charge < -0.3 is 14.2 Å². The van der Waals surface area contributed by atoms with Gasteiger partial charge in [0, 0.05) is 19.3 Å². The summed E-state index contributed by atoms with van der Waals surface area (Å²) < 4.78 is 16.5. The fourth-order valence-corrected chi connectivity index (χ4v) is 5.48. The molecule has 1 unspecified atom stereocenters. The number of hydrogen-bond acceptors (Lipinski definition) is 6. The number of carbonyl (C=O) groups excluding carboxylic acids is 3. The Morgan fingerprint density at radius 3 is 1.27 bits per heavy atom. The van der Waals surface area contributed by atoms with Crippen LogP contribution in [0, 0.1) is 11.8 Å². The van der Waals surface area contributed by atoms with E-state index in [2.05, 4.69) is 34.6 Å². The first kappa shape index (κ1) is 43.4. The Labute approximate surface area is 278 Å². The number of unbranched alkanes of at least 4 members (excludes halogenated alkanes) is 17. The molecular formula is C39H74O6. The van der Waals surface area contributed by atoms with Gasteiger partial charge in [-0.3, -0.25) is 14.4 Å². The van der Waals surface area contributed by atoms with Crippen LogP contribution in [0.3, 0.4) is 0 Å². The van der Waals surface area contributed by atoms with E-state index < -0.39 is 6.10 Å². The maximum atomic E-state index is 12.5. The molecule has 0 radical (unpaired) electrons. The quantitative estimate of drug-likeness (QED) is 0.0404. The highest BCUT2D eigenvalue weighted by molar-refractivity contribution is 5.71. The van der Waals surface area contributed by atoms with Crippen LogP contribution in [0.25, 0.3) is 0 Å². The van der Waals surface area contributed by atoms with Crippen molar-refractivity contribution in [2.75, 3.05) is 13.2 Å². The minimum Gasteiger partial charge on any atom is -0.462 e. The van der Waals surface area contributed by atoms with Crippen molar-refractivity contribution in [1.29, 1.82) is 0 Å². The first-order valence-corrected chi connectivity index (χ1v) is 19.3. The molecule has 0 aliphatic heterocycles. The zero-order valence-electron chi connectivity index (χ0n) is 30.5. The van der Waals surface area contributed by atoms with E-state index in [-0.39, 0.29) is 31.1 Å². The van der Waals surface area contributed by atoms with Crippen LogP contribution < -0.4 is 0 Å². The summed E-state index contributed by atoms with van der Waals surface area (Å²) in [5, 5.41) is 0. The average molecular weight is 639 g/mol. The van der Waals surface area contributed by atoms with Crippen molar-refractivity contribution in [1.82, 2.24) is 0 Å². The summed E-state index contributed by atoms with van der Waals surface area (Å²) >= 11 is 0. The van der Waals surface area contributed by atoms with Crippen molar-refractivity contribution >= 4 is 17.9 Å². The molecule has 0 heterocycles. The van der Waals surface area contributed by atoms with Gasteiger partial charge in [0.25, 0.3) is 0 Å². The summed E-state index contributed by atoms with van der Waals surface area (Å²) in [7, 11) is 0. The van der Waals surface area contributed by atoms with E-state index in [1.807, 2.05) is 0 Å². The van der Waals surface area contributed by atoms with E-state index in [1.165, 1.54) is 89.9 Å². The van der Waals surface area contributed by atoms with Crippen LogP contribution in [-0.2, 0) is 28.6 Å². The lowest BCUT2D eigenvalue weighted by Gasteiger charge is -2.18. The minimum absolute atomic E-state index is 0.0681. The smallest absolute Gasteiger partial charge is 0.306 e. The average Bonchev–Trinajstić information content (AvgIpc) is 3.01. The van der Waals surface area contributed by atoms with E-state index in [9.17, 15) is 14.4 Å². The van der Waals surface area contributed by atoms with Crippen molar-refractivity contribution < 1.29 is 28.6 Å². The normalized spacial score (nSPS) is 12.7. The maximum Gasteiger partial charge on any atom is 0.306 e. The summed E-state index contributed by atoms with van der Waals surface area (Å²) in [6.07, 6.45) is 26.8. The van der Waals surface area contributed by atoms with Gasteiger partial charge in [0.05, 0.1) is 0 Å². The number of rotatable bonds is 33. The zero-order valence-corrected chi connectivity index (χ0v) is 30.5. The van der Waals surface area contributed by atoms with E-state index in [4.69, 9.17) is 14.2 Å². The molecule has 6 nitrogen and oxygen atoms in total. The Kier molecular flexibility index (Phi) is 31.2. The van der Waals surface area contributed by atoms with Gasteiger partial charge in [0.1, 0.15) is 13.2 Å². The van der Waals surface area contributed by atoms with Crippen molar-refractivity contribution in [3.63, 3.8) is 0 Å². The molecule has 0 amide bonds. The molecule has 45 heavy (non-hydrogen) atoms. The SMILES string of the molecule is CCCCCCCCCC(=O)O[C@H](COC(=O)CCCCCCCCCC(C)C)COC(=O)CCCCCCCCC(C)CC. The number of hydrogen-bond donors (Lipinski definition) is 0. The lowest BCUT2D eigenvalue weighted by atomic mass is 10.00. The van der Waals surface area contributed by atoms with Crippen molar-refractivity contribution in [2.45, 2.75) is 208 Å². The monoisotopic (exact) mass is 639 g/mol. The Hall–Kier alpha value is -1.59. The van der Waals surface area contributed by atoms with Gasteiger partial charge in [-0.25, -0.2) is 0 Å². The Morgan fingerprint density at radius 2 is 0.844 bits per heavy atom. The third-order valence-electron chi connectivity index (χ3n) is 8.83. The topological polar surface area (TPSA) is 78.9 Å². The van der Waals surface area contributed by atoms with E-state index in [1.54, 1.807) is 0 Å². The predicted molar refractivity (Wildman–Crippen MR) is 187 cm³/mol. The summed E-state index contributed by atoms with van der Waals surface area (Å²) in [4.78, 5) is 37.3. The Morgan fingerprint density at radius 1 is 0.467 bits per heavy atom. The van der Waals surface area contributed by atoms with Crippen LogP contribution in [0.1, 0.15) is 202 Å². The fourth-order valence-electron chi connectivity index (χ4n) is 5.48. The molecule has 0 aromatic carbocycles. The molecule has 2 atom stereocenters. The molecular weight excluding hydrogens is 564 g/mol. The summed E-state index contributed by atoms with van der Waals surface area (Å²) in [5.41, 5.74) is 0. The van der Waals surface area contributed by atoms with Crippen LogP contribution in [0.2, 0.25) is 0 Å². The number of carbonyl (C=O) groups is 3. The minimum atomic E-state index is -0.758. The van der Waals surface area contributed by atoms with Gasteiger partial charge in [0.2, 0.25) is 0 Å². The first-order chi connectivity index (χ1) is 21.8. The van der Waals surface area contributed by atoms with Crippen LogP contribution in [-0.4, -0.2) is 37.2 Å². The molecule has 0 N–H and O–H groups in total. The highest BCUT2D eigenvalue weighted by Crippen LogP contribution is 2.16. The van der Waals surface area contributed by atoms with Gasteiger partial charge in [-0.15, -0.1) is 0 Å². The third-order valence-corrected chi connectivity index (χ3v) is 8.83. The standard InChI is InChI=1S/C39H74O6/c1-6-8-9-10-12-21-26-31-39(42)45-36(32-43-37(40)29-24-19-14-11-13-17-22-27-34(3)4)33-44-38(41)30-25-20-16-15-18-23-28-35(5)7-2/h34-36H,6-33H2,1-5H3/t35?,36-/m1/s1. The van der Waals surface area contributed by atoms with E-state index in [0.717, 1.165) is 69.6 Å². The second-order valence-electron chi connectivity index (χ2n) is 13.9. The van der Waals surface area contributed by atoms with Crippen LogP contribution in [0.15, 0.2) is 0 Å². The van der Waals surface area contributed by atoms with Gasteiger partial charge >= 0.3 is 17.9 Å². The molecule has 0 fully saturated rings. The second kappa shape index (κ2) is 32.4. The number of esters is 3. The lowest BCUT2D eigenvalue weighted by Crippen LogP contribution is -2.30. The highest BCUT2D eigenvalue weighted by Gasteiger charge is 2.19. The van der Waals surface area contributed by atoms with Crippen LogP contribution >= 0.6 is 0 Å². The summed E-state index contributed by atoms with van der Waals surface area (Å²) in [6, 6.07) is 0. The van der Waals surface area contributed by atoms with Gasteiger partial charge in [0.15, 0.2) is 6.10 Å². The molecule has 0 rings (SSSR count). The van der Waals surface area contributed by atoms with Gasteiger partial charge in [-0.2, -0.15) is 0 Å².